The molecule has 238 valence electrons. The molecule has 0 amide bonds. The molecule has 0 spiro atoms. The van der Waals surface area contributed by atoms with Crippen LogP contribution >= 0.6 is 0 Å². The fraction of sp³-hybridized carbons (Fsp3) is 0.205. The van der Waals surface area contributed by atoms with Crippen LogP contribution in [0.5, 0.6) is 29.0 Å². The lowest BCUT2D eigenvalue weighted by Crippen LogP contribution is -2.13. The van der Waals surface area contributed by atoms with Crippen molar-refractivity contribution in [1.82, 2.24) is 4.57 Å². The van der Waals surface area contributed by atoms with E-state index in [4.69, 9.17) is 18.9 Å². The zero-order chi connectivity index (χ0) is 32.2. The first-order valence-corrected chi connectivity index (χ1v) is 15.7. The predicted octanol–water partition coefficient (Wildman–Crippen LogP) is 7.63. The average Bonchev–Trinajstić information content (AvgIpc) is 3.80. The van der Waals surface area contributed by atoms with Crippen LogP contribution in [0.4, 0.5) is 0 Å². The van der Waals surface area contributed by atoms with Crippen LogP contribution in [0, 0.1) is 0 Å². The van der Waals surface area contributed by atoms with Crippen molar-refractivity contribution >= 4 is 5.97 Å². The first kappa shape index (κ1) is 30.0. The van der Waals surface area contributed by atoms with E-state index in [1.807, 2.05) is 91.0 Å². The number of carbonyl (C=O) groups is 1. The van der Waals surface area contributed by atoms with Gasteiger partial charge in [0.05, 0.1) is 12.1 Å². The van der Waals surface area contributed by atoms with E-state index in [0.717, 1.165) is 34.2 Å². The van der Waals surface area contributed by atoms with E-state index in [0.29, 0.717) is 17.2 Å². The van der Waals surface area contributed by atoms with Gasteiger partial charge in [0.2, 0.25) is 5.75 Å². The van der Waals surface area contributed by atoms with Crippen molar-refractivity contribution in [2.24, 2.45) is 0 Å². The van der Waals surface area contributed by atoms with Gasteiger partial charge in [0.25, 0.3) is 0 Å². The summed E-state index contributed by atoms with van der Waals surface area (Å²) >= 11 is 0. The molecule has 1 heterocycles. The minimum Gasteiger partial charge on any atom is -0.494 e. The highest BCUT2D eigenvalue weighted by atomic mass is 16.5. The third kappa shape index (κ3) is 6.40. The first-order chi connectivity index (χ1) is 23.0. The van der Waals surface area contributed by atoms with Crippen LogP contribution in [0.2, 0.25) is 0 Å². The van der Waals surface area contributed by atoms with Crippen molar-refractivity contribution in [3.8, 4) is 29.0 Å². The molecule has 2 aliphatic rings. The van der Waals surface area contributed by atoms with Crippen molar-refractivity contribution in [3.63, 3.8) is 0 Å². The molecule has 4 aromatic carbocycles. The summed E-state index contributed by atoms with van der Waals surface area (Å²) in [6.07, 6.45) is 5.01. The third-order valence-electron chi connectivity index (χ3n) is 8.61. The number of esters is 1. The fourth-order valence-corrected chi connectivity index (χ4v) is 6.27. The van der Waals surface area contributed by atoms with Gasteiger partial charge >= 0.3 is 5.97 Å². The summed E-state index contributed by atoms with van der Waals surface area (Å²) in [5, 5.41) is 21.7. The van der Waals surface area contributed by atoms with Crippen molar-refractivity contribution < 1.29 is 34.0 Å². The molecule has 5 aromatic rings. The first-order valence-electron chi connectivity index (χ1n) is 15.7. The maximum atomic E-state index is 13.5. The molecule has 0 aliphatic heterocycles. The predicted molar refractivity (Wildman–Crippen MR) is 176 cm³/mol. The Balaban J connectivity index is 1.14. The van der Waals surface area contributed by atoms with Gasteiger partial charge in [-0.25, -0.2) is 4.79 Å². The van der Waals surface area contributed by atoms with Gasteiger partial charge in [-0.2, -0.15) is 0 Å². The number of allylic oxidation sites excluding steroid dienone is 2. The highest BCUT2D eigenvalue weighted by molar-refractivity contribution is 5.91. The molecule has 8 heteroatoms. The standard InChI is InChI=1S/C39H35NO7/c41-37-34-29-16-17-30(20-29)35(34)38(42)40(37)18-19-44-39(43)31-21-32(45-23-26-10-4-1-5-11-26)36(47-25-28-14-8-3-9-15-28)33(22-31)46-24-27-12-6-2-7-13-27/h1-17,21-22,29-30,41-42H,18-20,23-25H2. The van der Waals surface area contributed by atoms with E-state index >= 15 is 0 Å². The molecule has 2 unspecified atom stereocenters. The van der Waals surface area contributed by atoms with E-state index < -0.39 is 5.97 Å². The van der Waals surface area contributed by atoms with Gasteiger partial charge in [0.15, 0.2) is 23.3 Å². The second kappa shape index (κ2) is 13.4. The SMILES string of the molecule is O=C(OCCn1c(O)c2c(c1O)C1C=CC2C1)c1cc(OCc2ccccc2)c(OCc2ccccc2)c(OCc2ccccc2)c1. The normalized spacial score (nSPS) is 15.7. The van der Waals surface area contributed by atoms with Gasteiger partial charge in [-0.05, 0) is 35.2 Å². The lowest BCUT2D eigenvalue weighted by atomic mass is 10.0. The summed E-state index contributed by atoms with van der Waals surface area (Å²) in [5.74, 6) is 0.708. The Labute approximate surface area is 273 Å². The Bertz CT molecular complexity index is 1780. The Morgan fingerprint density at radius 3 is 1.57 bits per heavy atom. The zero-order valence-electron chi connectivity index (χ0n) is 25.7. The van der Waals surface area contributed by atoms with Crippen LogP contribution in [0.15, 0.2) is 115 Å². The van der Waals surface area contributed by atoms with Crippen molar-refractivity contribution in [1.29, 1.82) is 0 Å². The number of hydrogen-bond acceptors (Lipinski definition) is 7. The summed E-state index contributed by atoms with van der Waals surface area (Å²) in [7, 11) is 0. The maximum absolute atomic E-state index is 13.5. The Kier molecular flexibility index (Phi) is 8.56. The molecule has 8 nitrogen and oxygen atoms in total. The lowest BCUT2D eigenvalue weighted by Gasteiger charge is -2.19. The smallest absolute Gasteiger partial charge is 0.338 e. The summed E-state index contributed by atoms with van der Waals surface area (Å²) in [5.41, 5.74) is 4.62. The number of hydrogen-bond donors (Lipinski definition) is 2. The number of nitrogens with zero attached hydrogens (tertiary/aromatic N) is 1. The summed E-state index contributed by atoms with van der Waals surface area (Å²) in [6, 6.07) is 32.4. The van der Waals surface area contributed by atoms with Crippen LogP contribution in [0.1, 0.15) is 56.4 Å². The van der Waals surface area contributed by atoms with Gasteiger partial charge < -0.3 is 29.2 Å². The molecule has 0 radical (unpaired) electrons. The molecule has 47 heavy (non-hydrogen) atoms. The summed E-state index contributed by atoms with van der Waals surface area (Å²) in [4.78, 5) is 13.5. The molecule has 0 fully saturated rings. The monoisotopic (exact) mass is 629 g/mol. The van der Waals surface area contributed by atoms with Gasteiger partial charge in [-0.3, -0.25) is 4.57 Å². The number of aromatic nitrogens is 1. The quantitative estimate of drug-likeness (QED) is 0.102. The Morgan fingerprint density at radius 1 is 0.660 bits per heavy atom. The molecule has 2 N–H and O–H groups in total. The van der Waals surface area contributed by atoms with Gasteiger partial charge in [-0.15, -0.1) is 0 Å². The number of aromatic hydroxyl groups is 2. The molecule has 0 saturated heterocycles. The Morgan fingerprint density at radius 2 is 1.11 bits per heavy atom. The van der Waals surface area contributed by atoms with Crippen LogP contribution in [-0.2, 0) is 31.1 Å². The largest absolute Gasteiger partial charge is 0.494 e. The molecular formula is C39H35NO7. The molecule has 2 aliphatic carbocycles. The highest BCUT2D eigenvalue weighted by Crippen LogP contribution is 2.56. The highest BCUT2D eigenvalue weighted by Gasteiger charge is 2.40. The number of rotatable bonds is 13. The topological polar surface area (TPSA) is 99.4 Å². The van der Waals surface area contributed by atoms with Crippen LogP contribution < -0.4 is 14.2 Å². The Hall–Kier alpha value is -5.63. The second-order valence-corrected chi connectivity index (χ2v) is 11.7. The molecule has 2 bridgehead atoms. The van der Waals surface area contributed by atoms with E-state index in [-0.39, 0.29) is 62.1 Å². The lowest BCUT2D eigenvalue weighted by molar-refractivity contribution is 0.0484. The van der Waals surface area contributed by atoms with E-state index in [1.54, 1.807) is 12.1 Å². The number of benzene rings is 4. The third-order valence-corrected chi connectivity index (χ3v) is 8.61. The van der Waals surface area contributed by atoms with Gasteiger partial charge in [-0.1, -0.05) is 103 Å². The van der Waals surface area contributed by atoms with Gasteiger partial charge in [0.1, 0.15) is 26.4 Å². The molecular weight excluding hydrogens is 594 g/mol. The maximum Gasteiger partial charge on any atom is 0.338 e. The number of carbonyl (C=O) groups excluding carboxylic acids is 1. The zero-order valence-corrected chi connectivity index (χ0v) is 25.7. The number of fused-ring (bicyclic) bond motifs is 5. The molecule has 0 saturated carbocycles. The van der Waals surface area contributed by atoms with E-state index in [1.165, 1.54) is 4.57 Å². The second-order valence-electron chi connectivity index (χ2n) is 11.7. The van der Waals surface area contributed by atoms with Crippen molar-refractivity contribution in [2.75, 3.05) is 6.61 Å². The molecule has 1 aromatic heterocycles. The fourth-order valence-electron chi connectivity index (χ4n) is 6.27. The van der Waals surface area contributed by atoms with Gasteiger partial charge in [0, 0.05) is 23.0 Å². The van der Waals surface area contributed by atoms with E-state index in [2.05, 4.69) is 12.2 Å². The van der Waals surface area contributed by atoms with Crippen LogP contribution in [0.25, 0.3) is 0 Å². The van der Waals surface area contributed by atoms with Crippen LogP contribution in [0.3, 0.4) is 0 Å². The van der Waals surface area contributed by atoms with Crippen molar-refractivity contribution in [3.05, 3.63) is 149 Å². The average molecular weight is 630 g/mol. The minimum atomic E-state index is -0.603. The van der Waals surface area contributed by atoms with E-state index in [9.17, 15) is 15.0 Å². The van der Waals surface area contributed by atoms with Crippen molar-refractivity contribution in [2.45, 2.75) is 44.6 Å². The minimum absolute atomic E-state index is 0.0264. The molecule has 7 rings (SSSR count). The van der Waals surface area contributed by atoms with Crippen LogP contribution in [-0.4, -0.2) is 27.4 Å². The summed E-state index contributed by atoms with van der Waals surface area (Å²) in [6.45, 7) is 0.782. The number of ether oxygens (including phenoxy) is 4. The summed E-state index contributed by atoms with van der Waals surface area (Å²) < 4.78 is 25.9. The molecule has 2 atom stereocenters.